The Kier molecular flexibility index (Phi) is 14.4. The lowest BCUT2D eigenvalue weighted by Gasteiger charge is -2.31. The third-order valence-corrected chi connectivity index (χ3v) is 7.65. The van der Waals surface area contributed by atoms with Gasteiger partial charge >= 0.3 is 15.2 Å². The first-order chi connectivity index (χ1) is 12.3. The van der Waals surface area contributed by atoms with Gasteiger partial charge in [0.25, 0.3) is 0 Å². The lowest BCUT2D eigenvalue weighted by molar-refractivity contribution is -0.0373. The third-order valence-electron chi connectivity index (χ3n) is 3.55. The van der Waals surface area contributed by atoms with Crippen LogP contribution in [0.3, 0.4) is 0 Å². The van der Waals surface area contributed by atoms with E-state index in [-0.39, 0.29) is 18.6 Å². The van der Waals surface area contributed by atoms with Crippen LogP contribution in [0.25, 0.3) is 0 Å². The molecular formula is C16H37NO7P2. The summed E-state index contributed by atoms with van der Waals surface area (Å²) in [4.78, 5) is 1.96. The molecule has 1 atom stereocenters. The van der Waals surface area contributed by atoms with E-state index in [1.807, 2.05) is 18.7 Å². The Morgan fingerprint density at radius 2 is 1.04 bits per heavy atom. The minimum atomic E-state index is -3.15. The van der Waals surface area contributed by atoms with Gasteiger partial charge in [0.15, 0.2) is 0 Å². The van der Waals surface area contributed by atoms with Crippen molar-refractivity contribution in [3.05, 3.63) is 0 Å². The summed E-state index contributed by atoms with van der Waals surface area (Å²) in [6, 6.07) is 0. The summed E-state index contributed by atoms with van der Waals surface area (Å²) in [6.45, 7) is 13.6. The summed E-state index contributed by atoms with van der Waals surface area (Å²) in [5, 5.41) is 0. The predicted octanol–water partition coefficient (Wildman–Crippen LogP) is 4.20. The predicted molar refractivity (Wildman–Crippen MR) is 104 cm³/mol. The highest BCUT2D eigenvalue weighted by Gasteiger charge is 2.29. The Bertz CT molecular complexity index is 396. The van der Waals surface area contributed by atoms with Crippen LogP contribution in [-0.4, -0.2) is 69.6 Å². The average molecular weight is 417 g/mol. The van der Waals surface area contributed by atoms with Crippen molar-refractivity contribution in [2.24, 2.45) is 0 Å². The van der Waals surface area contributed by atoms with Crippen LogP contribution in [0, 0.1) is 0 Å². The van der Waals surface area contributed by atoms with E-state index in [0.717, 1.165) is 0 Å². The first-order valence-corrected chi connectivity index (χ1v) is 12.9. The first kappa shape index (κ1) is 26.2. The van der Waals surface area contributed by atoms with Crippen molar-refractivity contribution >= 4 is 15.2 Å². The smallest absolute Gasteiger partial charge is 0.331 e. The van der Waals surface area contributed by atoms with Crippen molar-refractivity contribution in [1.82, 2.24) is 4.90 Å². The van der Waals surface area contributed by atoms with Crippen LogP contribution < -0.4 is 0 Å². The molecule has 1 unspecified atom stereocenters. The van der Waals surface area contributed by atoms with Gasteiger partial charge in [-0.25, -0.2) is 0 Å². The molecule has 0 aliphatic rings. The molecule has 0 amide bonds. The Labute approximate surface area is 158 Å². The SMILES string of the molecule is CCOC(C)N(CCP(=O)(OCC)OCC)CCP(=O)(OCC)OCC. The van der Waals surface area contributed by atoms with Gasteiger partial charge < -0.3 is 22.8 Å². The topological polar surface area (TPSA) is 83.5 Å². The molecule has 0 heterocycles. The average Bonchev–Trinajstić information content (AvgIpc) is 2.56. The van der Waals surface area contributed by atoms with Gasteiger partial charge in [-0.15, -0.1) is 0 Å². The molecule has 0 aromatic rings. The van der Waals surface area contributed by atoms with Gasteiger partial charge in [-0.05, 0) is 41.5 Å². The van der Waals surface area contributed by atoms with E-state index in [2.05, 4.69) is 0 Å². The van der Waals surface area contributed by atoms with E-state index in [4.69, 9.17) is 22.8 Å². The van der Waals surface area contributed by atoms with Crippen molar-refractivity contribution < 1.29 is 32.0 Å². The zero-order valence-corrected chi connectivity index (χ0v) is 18.9. The van der Waals surface area contributed by atoms with Gasteiger partial charge in [0.05, 0.1) is 38.8 Å². The molecule has 0 bridgehead atoms. The number of nitrogens with zero attached hydrogens (tertiary/aromatic N) is 1. The second kappa shape index (κ2) is 14.3. The first-order valence-electron chi connectivity index (χ1n) is 9.41. The lowest BCUT2D eigenvalue weighted by atomic mass is 10.4. The van der Waals surface area contributed by atoms with Crippen LogP contribution in [0.2, 0.25) is 0 Å². The molecule has 0 fully saturated rings. The minimum absolute atomic E-state index is 0.228. The summed E-state index contributed by atoms with van der Waals surface area (Å²) >= 11 is 0. The van der Waals surface area contributed by atoms with Crippen LogP contribution in [0.15, 0.2) is 0 Å². The molecule has 0 aliphatic carbocycles. The standard InChI is InChI=1S/C16H37NO7P2/c1-7-20-16(6)17(12-14-25(18,21-8-2)22-9-3)13-15-26(19,23-10-4)24-11-5/h16H,7-15H2,1-6H3. The molecule has 0 N–H and O–H groups in total. The summed E-state index contributed by atoms with van der Waals surface area (Å²) in [7, 11) is -6.30. The lowest BCUT2D eigenvalue weighted by Crippen LogP contribution is -2.39. The molecule has 0 saturated carbocycles. The molecule has 0 aromatic heterocycles. The van der Waals surface area contributed by atoms with E-state index >= 15 is 0 Å². The summed E-state index contributed by atoms with van der Waals surface area (Å²) < 4.78 is 52.4. The number of rotatable bonds is 17. The van der Waals surface area contributed by atoms with Gasteiger partial charge in [0, 0.05) is 19.7 Å². The van der Waals surface area contributed by atoms with Crippen LogP contribution in [0.1, 0.15) is 41.5 Å². The quantitative estimate of drug-likeness (QED) is 0.257. The minimum Gasteiger partial charge on any atom is -0.364 e. The molecule has 0 rings (SSSR count). The van der Waals surface area contributed by atoms with Crippen molar-refractivity contribution in [1.29, 1.82) is 0 Å². The third kappa shape index (κ3) is 10.5. The molecule has 26 heavy (non-hydrogen) atoms. The molecule has 158 valence electrons. The Balaban J connectivity index is 5.00. The molecule has 0 saturated heterocycles. The second-order valence-electron chi connectivity index (χ2n) is 5.43. The fourth-order valence-corrected chi connectivity index (χ4v) is 5.69. The van der Waals surface area contributed by atoms with E-state index < -0.39 is 15.2 Å². The molecule has 8 nitrogen and oxygen atoms in total. The van der Waals surface area contributed by atoms with Gasteiger partial charge in [0.2, 0.25) is 0 Å². The maximum Gasteiger partial charge on any atom is 0.331 e. The zero-order chi connectivity index (χ0) is 20.1. The van der Waals surface area contributed by atoms with Crippen molar-refractivity contribution in [3.63, 3.8) is 0 Å². The largest absolute Gasteiger partial charge is 0.364 e. The molecule has 0 aromatic carbocycles. The second-order valence-corrected chi connectivity index (χ2v) is 9.80. The van der Waals surface area contributed by atoms with Crippen LogP contribution in [0.4, 0.5) is 0 Å². The summed E-state index contributed by atoms with van der Waals surface area (Å²) in [5.74, 6) is 0. The van der Waals surface area contributed by atoms with Crippen molar-refractivity contribution in [3.8, 4) is 0 Å². The molecule has 0 spiro atoms. The van der Waals surface area contributed by atoms with Gasteiger partial charge in [0.1, 0.15) is 6.23 Å². The van der Waals surface area contributed by atoms with Crippen LogP contribution in [-0.2, 0) is 32.0 Å². The van der Waals surface area contributed by atoms with E-state index in [9.17, 15) is 9.13 Å². The monoisotopic (exact) mass is 417 g/mol. The van der Waals surface area contributed by atoms with E-state index in [0.29, 0.717) is 46.1 Å². The molecular weight excluding hydrogens is 380 g/mol. The fraction of sp³-hybridized carbons (Fsp3) is 1.00. The summed E-state index contributed by atoms with van der Waals surface area (Å²) in [6.07, 6.45) is 0.243. The van der Waals surface area contributed by atoms with Crippen LogP contribution >= 0.6 is 15.2 Å². The molecule has 0 aliphatic heterocycles. The van der Waals surface area contributed by atoms with Gasteiger partial charge in [-0.2, -0.15) is 0 Å². The number of hydrogen-bond donors (Lipinski definition) is 0. The number of hydrogen-bond acceptors (Lipinski definition) is 8. The van der Waals surface area contributed by atoms with Crippen LogP contribution in [0.5, 0.6) is 0 Å². The summed E-state index contributed by atoms with van der Waals surface area (Å²) in [5.41, 5.74) is 0. The highest BCUT2D eigenvalue weighted by molar-refractivity contribution is 7.54. The maximum atomic E-state index is 12.7. The zero-order valence-electron chi connectivity index (χ0n) is 17.1. The Morgan fingerprint density at radius 1 is 0.692 bits per heavy atom. The van der Waals surface area contributed by atoms with E-state index in [1.165, 1.54) is 0 Å². The maximum absolute atomic E-state index is 12.7. The van der Waals surface area contributed by atoms with Crippen molar-refractivity contribution in [2.45, 2.75) is 47.8 Å². The van der Waals surface area contributed by atoms with Gasteiger partial charge in [-0.1, -0.05) is 0 Å². The highest BCUT2D eigenvalue weighted by Crippen LogP contribution is 2.49. The fourth-order valence-electron chi connectivity index (χ4n) is 2.44. The Morgan fingerprint density at radius 3 is 1.31 bits per heavy atom. The Hall–Kier alpha value is 0.220. The highest BCUT2D eigenvalue weighted by atomic mass is 31.2. The van der Waals surface area contributed by atoms with Crippen molar-refractivity contribution in [2.75, 3.05) is 58.4 Å². The molecule has 10 heteroatoms. The van der Waals surface area contributed by atoms with Gasteiger partial charge in [-0.3, -0.25) is 14.0 Å². The number of ether oxygens (including phenoxy) is 1. The molecule has 0 radical (unpaired) electrons. The normalized spacial score (nSPS) is 14.1. The van der Waals surface area contributed by atoms with E-state index in [1.54, 1.807) is 27.7 Å².